The minimum absolute atomic E-state index is 0.108. The van der Waals surface area contributed by atoms with Gasteiger partial charge in [0, 0.05) is 18.7 Å². The monoisotopic (exact) mass is 294 g/mol. The van der Waals surface area contributed by atoms with E-state index in [1.54, 1.807) is 0 Å². The van der Waals surface area contributed by atoms with E-state index in [2.05, 4.69) is 0 Å². The molecule has 1 aromatic carbocycles. The Bertz CT molecular complexity index is 418. The van der Waals surface area contributed by atoms with Gasteiger partial charge in [0.25, 0.3) is 0 Å². The first-order chi connectivity index (χ1) is 9.80. The average Bonchev–Trinajstić information content (AvgIpc) is 2.49. The molecule has 2 aliphatic rings. The van der Waals surface area contributed by atoms with Crippen LogP contribution >= 0.6 is 11.6 Å². The highest BCUT2D eigenvalue weighted by atomic mass is 35.5. The molecule has 0 N–H and O–H groups in total. The van der Waals surface area contributed by atoms with E-state index in [0.717, 1.165) is 30.8 Å². The van der Waals surface area contributed by atoms with Gasteiger partial charge in [0.15, 0.2) is 0 Å². The second kappa shape index (κ2) is 6.36. The molecule has 0 amide bonds. The highest BCUT2D eigenvalue weighted by molar-refractivity contribution is 6.17. The number of benzene rings is 1. The Balaban J connectivity index is 1.61. The maximum Gasteiger partial charge on any atom is 0.119 e. The Labute approximate surface area is 126 Å². The molecule has 0 bridgehead atoms. The van der Waals surface area contributed by atoms with Crippen LogP contribution in [0.2, 0.25) is 0 Å². The van der Waals surface area contributed by atoms with E-state index in [4.69, 9.17) is 21.1 Å². The third-order valence-electron chi connectivity index (χ3n) is 4.59. The lowest BCUT2D eigenvalue weighted by Gasteiger charge is -2.43. The van der Waals surface area contributed by atoms with Crippen molar-refractivity contribution in [2.75, 3.05) is 6.61 Å². The standard InChI is InChI=1S/C17H23ClO2/c18-13-14-4-6-15(7-5-14)20-16-8-11-19-17(12-16)9-2-1-3-10-17/h4-7,16H,1-3,8-13H2. The summed E-state index contributed by atoms with van der Waals surface area (Å²) < 4.78 is 12.3. The first-order valence-electron chi connectivity index (χ1n) is 7.75. The minimum atomic E-state index is 0.108. The van der Waals surface area contributed by atoms with Gasteiger partial charge in [-0.2, -0.15) is 0 Å². The van der Waals surface area contributed by atoms with Gasteiger partial charge in [-0.15, -0.1) is 11.6 Å². The molecule has 1 atom stereocenters. The van der Waals surface area contributed by atoms with E-state index >= 15 is 0 Å². The van der Waals surface area contributed by atoms with Gasteiger partial charge in [0.05, 0.1) is 12.2 Å². The predicted molar refractivity (Wildman–Crippen MR) is 81.4 cm³/mol. The van der Waals surface area contributed by atoms with Crippen LogP contribution in [-0.2, 0) is 10.6 Å². The first-order valence-corrected chi connectivity index (χ1v) is 8.29. The van der Waals surface area contributed by atoms with Gasteiger partial charge in [-0.1, -0.05) is 31.4 Å². The summed E-state index contributed by atoms with van der Waals surface area (Å²) in [5, 5.41) is 0. The fraction of sp³-hybridized carbons (Fsp3) is 0.647. The van der Waals surface area contributed by atoms with Crippen LogP contribution in [0.5, 0.6) is 5.75 Å². The van der Waals surface area contributed by atoms with E-state index in [1.165, 1.54) is 32.1 Å². The molecule has 1 aliphatic heterocycles. The van der Waals surface area contributed by atoms with E-state index in [1.807, 2.05) is 24.3 Å². The van der Waals surface area contributed by atoms with Crippen molar-refractivity contribution < 1.29 is 9.47 Å². The fourth-order valence-corrected chi connectivity index (χ4v) is 3.66. The Hall–Kier alpha value is -0.730. The van der Waals surface area contributed by atoms with Gasteiger partial charge >= 0.3 is 0 Å². The van der Waals surface area contributed by atoms with Crippen molar-refractivity contribution >= 4 is 11.6 Å². The number of hydrogen-bond donors (Lipinski definition) is 0. The van der Waals surface area contributed by atoms with Crippen LogP contribution in [0.25, 0.3) is 0 Å². The lowest BCUT2D eigenvalue weighted by atomic mass is 9.79. The molecule has 1 aliphatic carbocycles. The van der Waals surface area contributed by atoms with Gasteiger partial charge in [-0.25, -0.2) is 0 Å². The van der Waals surface area contributed by atoms with Crippen molar-refractivity contribution in [3.05, 3.63) is 29.8 Å². The number of hydrogen-bond acceptors (Lipinski definition) is 2. The lowest BCUT2D eigenvalue weighted by Crippen LogP contribution is -2.45. The summed E-state index contributed by atoms with van der Waals surface area (Å²) >= 11 is 5.81. The van der Waals surface area contributed by atoms with Crippen LogP contribution in [-0.4, -0.2) is 18.3 Å². The number of halogens is 1. The van der Waals surface area contributed by atoms with E-state index in [-0.39, 0.29) is 5.60 Å². The summed E-state index contributed by atoms with van der Waals surface area (Å²) in [4.78, 5) is 0. The highest BCUT2D eigenvalue weighted by Crippen LogP contribution is 2.39. The molecule has 3 rings (SSSR count). The van der Waals surface area contributed by atoms with Crippen LogP contribution in [0, 0.1) is 0 Å². The molecule has 1 heterocycles. The van der Waals surface area contributed by atoms with Gasteiger partial charge < -0.3 is 9.47 Å². The molecule has 20 heavy (non-hydrogen) atoms. The van der Waals surface area contributed by atoms with Crippen LogP contribution in [0.4, 0.5) is 0 Å². The first kappa shape index (κ1) is 14.2. The molecular formula is C17H23ClO2. The van der Waals surface area contributed by atoms with E-state index < -0.39 is 0 Å². The van der Waals surface area contributed by atoms with E-state index in [0.29, 0.717) is 12.0 Å². The van der Waals surface area contributed by atoms with Crippen LogP contribution < -0.4 is 4.74 Å². The lowest BCUT2D eigenvalue weighted by molar-refractivity contribution is -0.129. The van der Waals surface area contributed by atoms with Gasteiger partial charge in [-0.3, -0.25) is 0 Å². The largest absolute Gasteiger partial charge is 0.490 e. The van der Waals surface area contributed by atoms with Crippen molar-refractivity contribution in [1.82, 2.24) is 0 Å². The molecule has 2 nitrogen and oxygen atoms in total. The molecule has 2 fully saturated rings. The summed E-state index contributed by atoms with van der Waals surface area (Å²) in [6, 6.07) is 8.14. The maximum absolute atomic E-state index is 6.16. The van der Waals surface area contributed by atoms with Crippen LogP contribution in [0.1, 0.15) is 50.5 Å². The molecule has 1 unspecified atom stereocenters. The summed E-state index contributed by atoms with van der Waals surface area (Å²) in [7, 11) is 0. The molecule has 110 valence electrons. The van der Waals surface area contributed by atoms with Crippen LogP contribution in [0.3, 0.4) is 0 Å². The zero-order valence-electron chi connectivity index (χ0n) is 11.9. The molecule has 1 spiro atoms. The molecule has 3 heteroatoms. The third-order valence-corrected chi connectivity index (χ3v) is 4.90. The van der Waals surface area contributed by atoms with Crippen molar-refractivity contribution in [1.29, 1.82) is 0 Å². The molecule has 1 saturated heterocycles. The molecule has 1 saturated carbocycles. The second-order valence-corrected chi connectivity index (χ2v) is 6.37. The predicted octanol–water partition coefficient (Wildman–Crippen LogP) is 4.69. The summed E-state index contributed by atoms with van der Waals surface area (Å²) in [6.07, 6.45) is 8.72. The van der Waals surface area contributed by atoms with Crippen molar-refractivity contribution in [2.45, 2.75) is 62.5 Å². The van der Waals surface area contributed by atoms with Crippen LogP contribution in [0.15, 0.2) is 24.3 Å². The topological polar surface area (TPSA) is 18.5 Å². The highest BCUT2D eigenvalue weighted by Gasteiger charge is 2.39. The molecule has 1 aromatic rings. The van der Waals surface area contributed by atoms with E-state index in [9.17, 15) is 0 Å². The summed E-state index contributed by atoms with van der Waals surface area (Å²) in [6.45, 7) is 0.838. The third kappa shape index (κ3) is 3.29. The van der Waals surface area contributed by atoms with Gasteiger partial charge in [0.2, 0.25) is 0 Å². The number of alkyl halides is 1. The maximum atomic E-state index is 6.16. The van der Waals surface area contributed by atoms with Crippen molar-refractivity contribution in [3.63, 3.8) is 0 Å². The molecule has 0 radical (unpaired) electrons. The second-order valence-electron chi connectivity index (χ2n) is 6.10. The Morgan fingerprint density at radius 3 is 2.60 bits per heavy atom. The zero-order valence-corrected chi connectivity index (χ0v) is 12.7. The number of rotatable bonds is 3. The normalized spacial score (nSPS) is 25.6. The quantitative estimate of drug-likeness (QED) is 0.753. The Morgan fingerprint density at radius 2 is 1.90 bits per heavy atom. The average molecular weight is 295 g/mol. The summed E-state index contributed by atoms with van der Waals surface area (Å²) in [5.74, 6) is 1.51. The Morgan fingerprint density at radius 1 is 1.15 bits per heavy atom. The number of ether oxygens (including phenoxy) is 2. The smallest absolute Gasteiger partial charge is 0.119 e. The zero-order chi connectivity index (χ0) is 13.8. The van der Waals surface area contributed by atoms with Crippen molar-refractivity contribution in [3.8, 4) is 5.75 Å². The Kier molecular flexibility index (Phi) is 4.52. The van der Waals surface area contributed by atoms with Crippen molar-refractivity contribution in [2.24, 2.45) is 0 Å². The molecular weight excluding hydrogens is 272 g/mol. The van der Waals surface area contributed by atoms with Gasteiger partial charge in [0.1, 0.15) is 11.9 Å². The molecule has 0 aromatic heterocycles. The fourth-order valence-electron chi connectivity index (χ4n) is 3.48. The summed E-state index contributed by atoms with van der Waals surface area (Å²) in [5.41, 5.74) is 1.24. The van der Waals surface area contributed by atoms with Gasteiger partial charge in [-0.05, 0) is 30.5 Å². The SMILES string of the molecule is ClCc1ccc(OC2CCOC3(CCCCC3)C2)cc1. The minimum Gasteiger partial charge on any atom is -0.490 e.